The summed E-state index contributed by atoms with van der Waals surface area (Å²) in [6.07, 6.45) is -1.03. The predicted molar refractivity (Wildman–Crippen MR) is 63.9 cm³/mol. The number of rotatable bonds is 5. The van der Waals surface area contributed by atoms with E-state index < -0.39 is 29.7 Å². The van der Waals surface area contributed by atoms with E-state index in [9.17, 15) is 14.3 Å². The third-order valence-electron chi connectivity index (χ3n) is 3.19. The Morgan fingerprint density at radius 2 is 2.00 bits per heavy atom. The molecule has 0 saturated heterocycles. The molecule has 0 heterocycles. The summed E-state index contributed by atoms with van der Waals surface area (Å²) in [7, 11) is 1.35. The largest absolute Gasteiger partial charge is 0.494 e. The number of aliphatic hydroxyl groups is 1. The summed E-state index contributed by atoms with van der Waals surface area (Å²) in [6.45, 7) is 3.13. The molecule has 0 spiro atoms. The average molecular weight is 256 g/mol. The molecule has 1 aromatic carbocycles. The van der Waals surface area contributed by atoms with Gasteiger partial charge in [-0.25, -0.2) is 4.39 Å². The molecule has 1 aromatic rings. The molecule has 0 aliphatic carbocycles. The van der Waals surface area contributed by atoms with E-state index in [-0.39, 0.29) is 5.75 Å². The molecule has 0 radical (unpaired) electrons. The minimum absolute atomic E-state index is 0.0879. The Bertz CT molecular complexity index is 433. The van der Waals surface area contributed by atoms with Crippen LogP contribution in [0, 0.1) is 17.7 Å². The van der Waals surface area contributed by atoms with E-state index in [1.165, 1.54) is 26.2 Å². The highest BCUT2D eigenvalue weighted by Gasteiger charge is 2.27. The summed E-state index contributed by atoms with van der Waals surface area (Å²) >= 11 is 0. The van der Waals surface area contributed by atoms with Gasteiger partial charge < -0.3 is 14.9 Å². The number of hydrogen-bond acceptors (Lipinski definition) is 3. The number of carboxylic acids is 1. The number of carboxylic acid groups (broad SMARTS) is 1. The van der Waals surface area contributed by atoms with Gasteiger partial charge in [0.05, 0.1) is 19.1 Å². The van der Waals surface area contributed by atoms with Crippen LogP contribution in [0.5, 0.6) is 5.75 Å². The first-order chi connectivity index (χ1) is 8.38. The molecular formula is C13H17FO4. The van der Waals surface area contributed by atoms with Crippen molar-refractivity contribution in [2.45, 2.75) is 20.0 Å². The van der Waals surface area contributed by atoms with Gasteiger partial charge in [0.2, 0.25) is 0 Å². The minimum atomic E-state index is -1.03. The molecule has 2 N–H and O–H groups in total. The maximum absolute atomic E-state index is 13.5. The lowest BCUT2D eigenvalue weighted by Gasteiger charge is -2.22. The number of ether oxygens (including phenoxy) is 1. The van der Waals surface area contributed by atoms with Crippen LogP contribution in [0.15, 0.2) is 18.2 Å². The molecule has 3 unspecified atom stereocenters. The Kier molecular flexibility index (Phi) is 4.67. The van der Waals surface area contributed by atoms with Crippen LogP contribution >= 0.6 is 0 Å². The molecule has 0 aromatic heterocycles. The molecule has 0 aliphatic heterocycles. The minimum Gasteiger partial charge on any atom is -0.494 e. The Morgan fingerprint density at radius 1 is 1.39 bits per heavy atom. The number of aliphatic hydroxyl groups excluding tert-OH is 1. The summed E-state index contributed by atoms with van der Waals surface area (Å²) in [5.74, 6) is -2.72. The first-order valence-electron chi connectivity index (χ1n) is 5.62. The van der Waals surface area contributed by atoms with E-state index in [1.54, 1.807) is 6.92 Å². The zero-order valence-corrected chi connectivity index (χ0v) is 10.6. The average Bonchev–Trinajstić information content (AvgIpc) is 2.35. The van der Waals surface area contributed by atoms with Gasteiger partial charge in [-0.3, -0.25) is 4.79 Å². The van der Waals surface area contributed by atoms with Crippen LogP contribution in [-0.4, -0.2) is 23.3 Å². The first kappa shape index (κ1) is 14.4. The SMILES string of the molecule is COc1ccc(C(O)C(C)C(C)C(=O)O)cc1F. The number of benzene rings is 1. The fourth-order valence-corrected chi connectivity index (χ4v) is 1.67. The molecule has 0 amide bonds. The fraction of sp³-hybridized carbons (Fsp3) is 0.462. The summed E-state index contributed by atoms with van der Waals surface area (Å²) < 4.78 is 18.3. The zero-order valence-electron chi connectivity index (χ0n) is 10.6. The topological polar surface area (TPSA) is 66.8 Å². The highest BCUT2D eigenvalue weighted by Crippen LogP contribution is 2.30. The molecule has 100 valence electrons. The summed E-state index contributed by atoms with van der Waals surface area (Å²) in [5.41, 5.74) is 0.342. The van der Waals surface area contributed by atoms with Crippen molar-refractivity contribution < 1.29 is 24.1 Å². The summed E-state index contributed by atoms with van der Waals surface area (Å²) in [4.78, 5) is 10.8. The van der Waals surface area contributed by atoms with E-state index in [0.29, 0.717) is 5.56 Å². The van der Waals surface area contributed by atoms with Gasteiger partial charge in [-0.05, 0) is 23.6 Å². The van der Waals surface area contributed by atoms with Crippen molar-refractivity contribution in [3.05, 3.63) is 29.6 Å². The maximum Gasteiger partial charge on any atom is 0.306 e. The Labute approximate surface area is 105 Å². The number of halogens is 1. The van der Waals surface area contributed by atoms with Gasteiger partial charge >= 0.3 is 5.97 Å². The predicted octanol–water partition coefficient (Wildman–Crippen LogP) is 2.22. The van der Waals surface area contributed by atoms with Crippen molar-refractivity contribution in [2.24, 2.45) is 11.8 Å². The molecule has 4 nitrogen and oxygen atoms in total. The third-order valence-corrected chi connectivity index (χ3v) is 3.19. The second-order valence-corrected chi connectivity index (χ2v) is 4.32. The fourth-order valence-electron chi connectivity index (χ4n) is 1.67. The van der Waals surface area contributed by atoms with Crippen molar-refractivity contribution in [3.8, 4) is 5.75 Å². The van der Waals surface area contributed by atoms with Crippen LogP contribution in [0.4, 0.5) is 4.39 Å². The molecule has 0 fully saturated rings. The quantitative estimate of drug-likeness (QED) is 0.847. The van der Waals surface area contributed by atoms with E-state index in [0.717, 1.165) is 6.07 Å². The van der Waals surface area contributed by atoms with Crippen molar-refractivity contribution >= 4 is 5.97 Å². The monoisotopic (exact) mass is 256 g/mol. The zero-order chi connectivity index (χ0) is 13.9. The highest BCUT2D eigenvalue weighted by atomic mass is 19.1. The van der Waals surface area contributed by atoms with Gasteiger partial charge in [0.15, 0.2) is 11.6 Å². The lowest BCUT2D eigenvalue weighted by Crippen LogP contribution is -2.24. The normalized spacial score (nSPS) is 15.8. The third kappa shape index (κ3) is 2.98. The number of carbonyl (C=O) groups is 1. The number of hydrogen-bond donors (Lipinski definition) is 2. The van der Waals surface area contributed by atoms with E-state index in [1.807, 2.05) is 0 Å². The highest BCUT2D eigenvalue weighted by molar-refractivity contribution is 5.69. The van der Waals surface area contributed by atoms with E-state index in [2.05, 4.69) is 0 Å². The van der Waals surface area contributed by atoms with Gasteiger partial charge in [-0.2, -0.15) is 0 Å². The summed E-state index contributed by atoms with van der Waals surface area (Å²) in [6, 6.07) is 4.10. The van der Waals surface area contributed by atoms with Crippen molar-refractivity contribution in [1.82, 2.24) is 0 Å². The molecule has 0 aliphatic rings. The van der Waals surface area contributed by atoms with Gasteiger partial charge in [0.25, 0.3) is 0 Å². The molecule has 0 bridgehead atoms. The van der Waals surface area contributed by atoms with Crippen molar-refractivity contribution in [1.29, 1.82) is 0 Å². The lowest BCUT2D eigenvalue weighted by molar-refractivity contribution is -0.144. The second-order valence-electron chi connectivity index (χ2n) is 4.32. The van der Waals surface area contributed by atoms with Gasteiger partial charge in [-0.15, -0.1) is 0 Å². The Hall–Kier alpha value is -1.62. The smallest absolute Gasteiger partial charge is 0.306 e. The molecule has 1 rings (SSSR count). The Morgan fingerprint density at radius 3 is 2.44 bits per heavy atom. The van der Waals surface area contributed by atoms with E-state index in [4.69, 9.17) is 9.84 Å². The van der Waals surface area contributed by atoms with Gasteiger partial charge in [0, 0.05) is 0 Å². The molecule has 18 heavy (non-hydrogen) atoms. The van der Waals surface area contributed by atoms with Gasteiger partial charge in [0.1, 0.15) is 0 Å². The van der Waals surface area contributed by atoms with Gasteiger partial charge in [-0.1, -0.05) is 19.9 Å². The molecule has 0 saturated carbocycles. The van der Waals surface area contributed by atoms with Crippen molar-refractivity contribution in [3.63, 3.8) is 0 Å². The second kappa shape index (κ2) is 5.82. The molecule has 5 heteroatoms. The molecular weight excluding hydrogens is 239 g/mol. The summed E-state index contributed by atoms with van der Waals surface area (Å²) in [5, 5.41) is 18.9. The maximum atomic E-state index is 13.5. The van der Waals surface area contributed by atoms with E-state index >= 15 is 0 Å². The van der Waals surface area contributed by atoms with Crippen molar-refractivity contribution in [2.75, 3.05) is 7.11 Å². The number of methoxy groups -OCH3 is 1. The van der Waals surface area contributed by atoms with Crippen LogP contribution in [-0.2, 0) is 4.79 Å². The van der Waals surface area contributed by atoms with Crippen LogP contribution < -0.4 is 4.74 Å². The lowest BCUT2D eigenvalue weighted by atomic mass is 9.87. The van der Waals surface area contributed by atoms with Crippen LogP contribution in [0.2, 0.25) is 0 Å². The van der Waals surface area contributed by atoms with Crippen LogP contribution in [0.3, 0.4) is 0 Å². The van der Waals surface area contributed by atoms with Crippen LogP contribution in [0.1, 0.15) is 25.5 Å². The Balaban J connectivity index is 2.93. The molecule has 3 atom stereocenters. The number of aliphatic carboxylic acids is 1. The first-order valence-corrected chi connectivity index (χ1v) is 5.62. The standard InChI is InChI=1S/C13H17FO4/c1-7(8(2)13(16)17)12(15)9-4-5-11(18-3)10(14)6-9/h4-8,12,15H,1-3H3,(H,16,17). The van der Waals surface area contributed by atoms with Crippen LogP contribution in [0.25, 0.3) is 0 Å².